The zero-order valence-electron chi connectivity index (χ0n) is 20.7. The van der Waals surface area contributed by atoms with Crippen molar-refractivity contribution < 1.29 is 4.74 Å². The van der Waals surface area contributed by atoms with Crippen LogP contribution in [0.3, 0.4) is 0 Å². The fourth-order valence-electron chi connectivity index (χ4n) is 5.16. The molecule has 2 unspecified atom stereocenters. The molecule has 1 saturated carbocycles. The van der Waals surface area contributed by atoms with E-state index in [0.717, 1.165) is 41.9 Å². The Bertz CT molecular complexity index is 736. The van der Waals surface area contributed by atoms with Crippen LogP contribution in [0.1, 0.15) is 103 Å². The van der Waals surface area contributed by atoms with E-state index in [1.807, 2.05) is 0 Å². The molecule has 1 aliphatic carbocycles. The molecule has 1 aromatic carbocycles. The smallest absolute Gasteiger partial charge is 0.119 e. The van der Waals surface area contributed by atoms with E-state index in [-0.39, 0.29) is 0 Å². The minimum atomic E-state index is 0.806. The predicted molar refractivity (Wildman–Crippen MR) is 137 cm³/mol. The second kappa shape index (κ2) is 14.3. The van der Waals surface area contributed by atoms with E-state index in [1.165, 1.54) is 89.0 Å². The molecule has 0 aliphatic heterocycles. The second-order valence-electron chi connectivity index (χ2n) is 9.92. The minimum Gasteiger partial charge on any atom is -0.494 e. The lowest BCUT2D eigenvalue weighted by Crippen LogP contribution is -2.16. The maximum absolute atomic E-state index is 5.83. The minimum absolute atomic E-state index is 0.806. The van der Waals surface area contributed by atoms with Crippen LogP contribution in [-0.2, 0) is 6.42 Å². The van der Waals surface area contributed by atoms with Gasteiger partial charge in [0.05, 0.1) is 12.3 Å². The third kappa shape index (κ3) is 8.60. The number of pyridine rings is 1. The van der Waals surface area contributed by atoms with Gasteiger partial charge in [0.1, 0.15) is 5.75 Å². The van der Waals surface area contributed by atoms with Crippen LogP contribution < -0.4 is 4.74 Å². The van der Waals surface area contributed by atoms with Crippen LogP contribution in [0, 0.1) is 11.8 Å². The van der Waals surface area contributed by atoms with Crippen molar-refractivity contribution in [3.8, 4) is 17.0 Å². The summed E-state index contributed by atoms with van der Waals surface area (Å²) >= 11 is 0. The Hall–Kier alpha value is -1.83. The Balaban J connectivity index is 1.41. The van der Waals surface area contributed by atoms with E-state index in [4.69, 9.17) is 9.72 Å². The summed E-state index contributed by atoms with van der Waals surface area (Å²) < 4.78 is 5.83. The summed E-state index contributed by atoms with van der Waals surface area (Å²) in [5.41, 5.74) is 3.60. The van der Waals surface area contributed by atoms with Gasteiger partial charge in [-0.25, -0.2) is 0 Å². The van der Waals surface area contributed by atoms with Crippen molar-refractivity contribution in [1.82, 2.24) is 4.98 Å². The van der Waals surface area contributed by atoms with Crippen LogP contribution in [-0.4, -0.2) is 11.6 Å². The number of hydrogen-bond donors (Lipinski definition) is 0. The molecular formula is C30H45NO. The van der Waals surface area contributed by atoms with E-state index < -0.39 is 0 Å². The fourth-order valence-corrected chi connectivity index (χ4v) is 5.16. The third-order valence-electron chi connectivity index (χ3n) is 7.19. The molecule has 0 bridgehead atoms. The Kier molecular flexibility index (Phi) is 11.1. The molecule has 2 atom stereocenters. The van der Waals surface area contributed by atoms with E-state index in [0.29, 0.717) is 0 Å². The largest absolute Gasteiger partial charge is 0.494 e. The van der Waals surface area contributed by atoms with Crippen LogP contribution in [0.2, 0.25) is 0 Å². The molecule has 0 spiro atoms. The summed E-state index contributed by atoms with van der Waals surface area (Å²) in [5.74, 6) is 2.87. The third-order valence-corrected chi connectivity index (χ3v) is 7.19. The number of hydrogen-bond acceptors (Lipinski definition) is 2. The summed E-state index contributed by atoms with van der Waals surface area (Å²) in [7, 11) is 0. The molecule has 176 valence electrons. The van der Waals surface area contributed by atoms with Gasteiger partial charge < -0.3 is 4.74 Å². The molecule has 2 nitrogen and oxygen atoms in total. The summed E-state index contributed by atoms with van der Waals surface area (Å²) in [5, 5.41) is 0. The second-order valence-corrected chi connectivity index (χ2v) is 9.92. The van der Waals surface area contributed by atoms with Gasteiger partial charge in [-0.05, 0) is 73.4 Å². The topological polar surface area (TPSA) is 22.1 Å². The van der Waals surface area contributed by atoms with E-state index >= 15 is 0 Å². The van der Waals surface area contributed by atoms with Gasteiger partial charge in [0.15, 0.2) is 0 Å². The lowest BCUT2D eigenvalue weighted by atomic mass is 9.77. The van der Waals surface area contributed by atoms with Crippen molar-refractivity contribution in [2.24, 2.45) is 11.8 Å². The van der Waals surface area contributed by atoms with Gasteiger partial charge >= 0.3 is 0 Å². The number of aryl methyl sites for hydroxylation is 1. The Morgan fingerprint density at radius 2 is 1.56 bits per heavy atom. The van der Waals surface area contributed by atoms with Gasteiger partial charge in [-0.1, -0.05) is 84.1 Å². The summed E-state index contributed by atoms with van der Waals surface area (Å²) in [6, 6.07) is 12.9. The molecule has 1 heterocycles. The Labute approximate surface area is 197 Å². The highest BCUT2D eigenvalue weighted by Crippen LogP contribution is 2.35. The SMILES string of the molecule is CCCCCCC1CCCC(CCc2ccc(-c3ccc(OCCCCC)cc3)nc2)C1. The number of rotatable bonds is 14. The first kappa shape index (κ1) is 24.8. The lowest BCUT2D eigenvalue weighted by molar-refractivity contribution is 0.239. The highest BCUT2D eigenvalue weighted by Gasteiger charge is 2.21. The average molecular weight is 436 g/mol. The molecule has 0 amide bonds. The highest BCUT2D eigenvalue weighted by molar-refractivity contribution is 5.60. The van der Waals surface area contributed by atoms with Crippen molar-refractivity contribution >= 4 is 0 Å². The first-order valence-electron chi connectivity index (χ1n) is 13.5. The fraction of sp³-hybridized carbons (Fsp3) is 0.633. The van der Waals surface area contributed by atoms with Crippen LogP contribution in [0.15, 0.2) is 42.6 Å². The van der Waals surface area contributed by atoms with Gasteiger partial charge in [0.2, 0.25) is 0 Å². The predicted octanol–water partition coefficient (Wildman–Crippen LogP) is 9.03. The normalized spacial score (nSPS) is 18.6. The van der Waals surface area contributed by atoms with Crippen molar-refractivity contribution in [3.63, 3.8) is 0 Å². The van der Waals surface area contributed by atoms with Crippen LogP contribution in [0.5, 0.6) is 5.75 Å². The molecule has 0 radical (unpaired) electrons. The van der Waals surface area contributed by atoms with Crippen molar-refractivity contribution in [3.05, 3.63) is 48.2 Å². The highest BCUT2D eigenvalue weighted by atomic mass is 16.5. The van der Waals surface area contributed by atoms with Crippen molar-refractivity contribution in [2.75, 3.05) is 6.61 Å². The van der Waals surface area contributed by atoms with E-state index in [1.54, 1.807) is 0 Å². The lowest BCUT2D eigenvalue weighted by Gasteiger charge is -2.29. The van der Waals surface area contributed by atoms with Gasteiger partial charge in [-0.2, -0.15) is 0 Å². The Morgan fingerprint density at radius 1 is 0.812 bits per heavy atom. The molecule has 32 heavy (non-hydrogen) atoms. The standard InChI is InChI=1S/C30H45NO/c1-3-5-7-8-11-25-12-10-13-26(23-25)14-15-27-16-21-30(31-24-27)28-17-19-29(20-18-28)32-22-9-6-4-2/h16-21,24-26H,3-15,22-23H2,1-2H3. The van der Waals surface area contributed by atoms with Gasteiger partial charge in [0.25, 0.3) is 0 Å². The van der Waals surface area contributed by atoms with Crippen molar-refractivity contribution in [2.45, 2.75) is 104 Å². The van der Waals surface area contributed by atoms with Crippen LogP contribution in [0.25, 0.3) is 11.3 Å². The van der Waals surface area contributed by atoms with Crippen LogP contribution in [0.4, 0.5) is 0 Å². The number of benzene rings is 1. The number of aromatic nitrogens is 1. The zero-order chi connectivity index (χ0) is 22.4. The monoisotopic (exact) mass is 435 g/mol. The zero-order valence-corrected chi connectivity index (χ0v) is 20.7. The van der Waals surface area contributed by atoms with Gasteiger partial charge in [-0.15, -0.1) is 0 Å². The summed E-state index contributed by atoms with van der Waals surface area (Å²) in [6.45, 7) is 5.33. The van der Waals surface area contributed by atoms with Gasteiger partial charge in [0, 0.05) is 11.8 Å². The van der Waals surface area contributed by atoms with Crippen molar-refractivity contribution in [1.29, 1.82) is 0 Å². The van der Waals surface area contributed by atoms with Gasteiger partial charge in [-0.3, -0.25) is 4.98 Å². The summed E-state index contributed by atoms with van der Waals surface area (Å²) in [4.78, 5) is 4.76. The maximum Gasteiger partial charge on any atom is 0.119 e. The first-order valence-corrected chi connectivity index (χ1v) is 13.5. The molecule has 2 heteroatoms. The molecule has 1 aromatic heterocycles. The molecule has 2 aromatic rings. The number of unbranched alkanes of at least 4 members (excludes halogenated alkanes) is 5. The maximum atomic E-state index is 5.83. The Morgan fingerprint density at radius 3 is 2.28 bits per heavy atom. The molecular weight excluding hydrogens is 390 g/mol. The quantitative estimate of drug-likeness (QED) is 0.276. The van der Waals surface area contributed by atoms with Crippen LogP contribution >= 0.6 is 0 Å². The van der Waals surface area contributed by atoms with E-state index in [2.05, 4.69) is 56.4 Å². The molecule has 0 N–H and O–H groups in total. The molecule has 1 fully saturated rings. The molecule has 1 aliphatic rings. The first-order chi connectivity index (χ1) is 15.8. The number of ether oxygens (including phenoxy) is 1. The van der Waals surface area contributed by atoms with E-state index in [9.17, 15) is 0 Å². The molecule has 0 saturated heterocycles. The average Bonchev–Trinajstić information content (AvgIpc) is 2.84. The summed E-state index contributed by atoms with van der Waals surface area (Å²) in [6.07, 6.45) is 21.1. The number of nitrogens with zero attached hydrogens (tertiary/aromatic N) is 1. The molecule has 3 rings (SSSR count).